The Balaban J connectivity index is 2.61. The summed E-state index contributed by atoms with van der Waals surface area (Å²) >= 11 is 0. The van der Waals surface area contributed by atoms with Gasteiger partial charge in [0, 0.05) is 6.54 Å². The van der Waals surface area contributed by atoms with Gasteiger partial charge in [0.15, 0.2) is 5.88 Å². The predicted molar refractivity (Wildman–Crippen MR) is 103 cm³/mol. The summed E-state index contributed by atoms with van der Waals surface area (Å²) in [6, 6.07) is 4.39. The van der Waals surface area contributed by atoms with E-state index in [1.165, 1.54) is 19.1 Å². The molecular weight excluding hydrogens is 346 g/mol. The number of phenolic OH excluding ortho intramolecular Hbond substituents is 1. The van der Waals surface area contributed by atoms with Crippen LogP contribution in [0, 0.1) is 13.5 Å². The maximum absolute atomic E-state index is 12.7. The molecular formula is C19H19N5O3. The van der Waals surface area contributed by atoms with Crippen molar-refractivity contribution in [2.75, 3.05) is 0 Å². The SMILES string of the molecule is [C-]#[N+]c1c(C)c(N=Nc2cc(N=C=C)ccc2O)c(=O)n(CCCC)c1O. The van der Waals surface area contributed by atoms with Crippen molar-refractivity contribution < 1.29 is 10.2 Å². The Morgan fingerprint density at radius 3 is 2.70 bits per heavy atom. The normalized spacial score (nSPS) is 10.6. The monoisotopic (exact) mass is 365 g/mol. The van der Waals surface area contributed by atoms with Crippen LogP contribution in [0.15, 0.2) is 44.8 Å². The van der Waals surface area contributed by atoms with Gasteiger partial charge in [-0.1, -0.05) is 13.3 Å². The Kier molecular flexibility index (Phi) is 6.26. The lowest BCUT2D eigenvalue weighted by Gasteiger charge is -2.12. The van der Waals surface area contributed by atoms with Crippen molar-refractivity contribution in [1.29, 1.82) is 0 Å². The highest BCUT2D eigenvalue weighted by Gasteiger charge is 2.19. The van der Waals surface area contributed by atoms with Crippen molar-refractivity contribution in [2.24, 2.45) is 15.2 Å². The van der Waals surface area contributed by atoms with E-state index >= 15 is 0 Å². The zero-order valence-electron chi connectivity index (χ0n) is 15.1. The van der Waals surface area contributed by atoms with Crippen molar-refractivity contribution in [3.05, 3.63) is 52.1 Å². The van der Waals surface area contributed by atoms with Crippen molar-refractivity contribution >= 4 is 28.6 Å². The van der Waals surface area contributed by atoms with E-state index in [-0.39, 0.29) is 40.8 Å². The zero-order chi connectivity index (χ0) is 20.0. The van der Waals surface area contributed by atoms with E-state index in [4.69, 9.17) is 6.57 Å². The number of unbranched alkanes of at least 4 members (excludes halogenated alkanes) is 1. The van der Waals surface area contributed by atoms with E-state index in [2.05, 4.69) is 32.5 Å². The van der Waals surface area contributed by atoms with Crippen LogP contribution in [0.3, 0.4) is 0 Å². The van der Waals surface area contributed by atoms with Crippen molar-refractivity contribution in [2.45, 2.75) is 33.2 Å². The third-order valence-corrected chi connectivity index (χ3v) is 3.90. The van der Waals surface area contributed by atoms with Gasteiger partial charge in [-0.2, -0.15) is 0 Å². The largest absolute Gasteiger partial charge is 0.506 e. The maximum atomic E-state index is 12.7. The standard InChI is InChI=1S/C19H19N5O3/c1-5-7-10-24-18(26)16(20-4)12(3)17(19(24)27)23-22-14-11-13(21-6-2)8-9-15(14)25/h8-9,11,25-26H,2,5,7,10H2,1,3H3. The second kappa shape index (κ2) is 8.61. The number of pyridine rings is 1. The van der Waals surface area contributed by atoms with Gasteiger partial charge in [0.1, 0.15) is 17.1 Å². The minimum Gasteiger partial charge on any atom is -0.506 e. The molecule has 0 saturated heterocycles. The molecule has 2 aromatic rings. The van der Waals surface area contributed by atoms with E-state index in [9.17, 15) is 15.0 Å². The van der Waals surface area contributed by atoms with Crippen molar-refractivity contribution in [3.8, 4) is 11.6 Å². The minimum absolute atomic E-state index is 0.0473. The highest BCUT2D eigenvalue weighted by atomic mass is 16.3. The van der Waals surface area contributed by atoms with Gasteiger partial charge in [-0.15, -0.1) is 10.2 Å². The van der Waals surface area contributed by atoms with E-state index < -0.39 is 5.56 Å². The number of hydrogen-bond donors (Lipinski definition) is 2. The molecule has 0 radical (unpaired) electrons. The molecule has 0 bridgehead atoms. The summed E-state index contributed by atoms with van der Waals surface area (Å²) < 4.78 is 1.12. The molecule has 1 heterocycles. The van der Waals surface area contributed by atoms with Gasteiger partial charge in [-0.05, 0) is 49.6 Å². The van der Waals surface area contributed by atoms with E-state index in [1.807, 2.05) is 6.92 Å². The smallest absolute Gasteiger partial charge is 0.279 e. The maximum Gasteiger partial charge on any atom is 0.279 e. The second-order valence-corrected chi connectivity index (χ2v) is 5.71. The number of rotatable bonds is 6. The fourth-order valence-corrected chi connectivity index (χ4v) is 2.42. The average molecular weight is 365 g/mol. The van der Waals surface area contributed by atoms with Crippen LogP contribution in [0.25, 0.3) is 4.85 Å². The van der Waals surface area contributed by atoms with Crippen molar-refractivity contribution in [1.82, 2.24) is 4.57 Å². The molecule has 0 fully saturated rings. The van der Waals surface area contributed by atoms with Gasteiger partial charge in [0.25, 0.3) is 5.56 Å². The van der Waals surface area contributed by atoms with Crippen LogP contribution in [-0.2, 0) is 6.54 Å². The highest BCUT2D eigenvalue weighted by molar-refractivity contribution is 5.68. The lowest BCUT2D eigenvalue weighted by molar-refractivity contribution is 0.405. The van der Waals surface area contributed by atoms with Gasteiger partial charge < -0.3 is 10.2 Å². The Hall–Kier alpha value is -3.69. The number of benzene rings is 1. The third kappa shape index (κ3) is 4.11. The van der Waals surface area contributed by atoms with Crippen molar-refractivity contribution in [3.63, 3.8) is 0 Å². The Labute approximate surface area is 156 Å². The first-order chi connectivity index (χ1) is 12.9. The molecule has 0 saturated carbocycles. The van der Waals surface area contributed by atoms with Crippen LogP contribution < -0.4 is 5.56 Å². The fraction of sp³-hybridized carbons (Fsp3) is 0.263. The summed E-state index contributed by atoms with van der Waals surface area (Å²) in [6.45, 7) is 14.4. The molecule has 1 aromatic heterocycles. The summed E-state index contributed by atoms with van der Waals surface area (Å²) in [7, 11) is 0. The number of aromatic nitrogens is 1. The molecule has 2 rings (SSSR count). The fourth-order valence-electron chi connectivity index (χ4n) is 2.42. The summed E-state index contributed by atoms with van der Waals surface area (Å²) in [5.41, 5.74) is 0.128. The lowest BCUT2D eigenvalue weighted by Crippen LogP contribution is -2.20. The summed E-state index contributed by atoms with van der Waals surface area (Å²) in [5.74, 6) is 1.86. The molecule has 8 heteroatoms. The molecule has 0 spiro atoms. The molecule has 0 unspecified atom stereocenters. The molecule has 0 atom stereocenters. The Morgan fingerprint density at radius 1 is 1.33 bits per heavy atom. The topological polar surface area (TPSA) is 104 Å². The second-order valence-electron chi connectivity index (χ2n) is 5.71. The summed E-state index contributed by atoms with van der Waals surface area (Å²) in [5, 5.41) is 28.1. The first kappa shape index (κ1) is 19.6. The first-order valence-corrected chi connectivity index (χ1v) is 8.26. The van der Waals surface area contributed by atoms with Gasteiger partial charge in [0.05, 0.1) is 12.3 Å². The van der Waals surface area contributed by atoms with Crippen LogP contribution in [-0.4, -0.2) is 20.6 Å². The lowest BCUT2D eigenvalue weighted by atomic mass is 10.2. The molecule has 0 aliphatic carbocycles. The summed E-state index contributed by atoms with van der Waals surface area (Å²) in [4.78, 5) is 19.9. The zero-order valence-corrected chi connectivity index (χ0v) is 15.1. The summed E-state index contributed by atoms with van der Waals surface area (Å²) in [6.07, 6.45) is 1.47. The van der Waals surface area contributed by atoms with Gasteiger partial charge in [-0.25, -0.2) is 9.84 Å². The number of aromatic hydroxyl groups is 2. The van der Waals surface area contributed by atoms with Crippen LogP contribution >= 0.6 is 0 Å². The highest BCUT2D eigenvalue weighted by Crippen LogP contribution is 2.36. The predicted octanol–water partition coefficient (Wildman–Crippen LogP) is 4.82. The number of nitrogens with zero attached hydrogens (tertiary/aromatic N) is 5. The quantitative estimate of drug-likeness (QED) is 0.435. The van der Waals surface area contributed by atoms with Crippen LogP contribution in [0.5, 0.6) is 11.6 Å². The van der Waals surface area contributed by atoms with Crippen LogP contribution in [0.4, 0.5) is 22.7 Å². The van der Waals surface area contributed by atoms with Gasteiger partial charge >= 0.3 is 0 Å². The first-order valence-electron chi connectivity index (χ1n) is 8.26. The molecule has 1 aromatic carbocycles. The number of azo groups is 1. The number of aliphatic imine (C=N–C) groups is 1. The molecule has 0 aliphatic rings. The van der Waals surface area contributed by atoms with Gasteiger partial charge in [0.2, 0.25) is 5.69 Å². The van der Waals surface area contributed by atoms with Gasteiger partial charge in [-0.3, -0.25) is 9.36 Å². The van der Waals surface area contributed by atoms with Crippen LogP contribution in [0.1, 0.15) is 25.3 Å². The molecule has 8 nitrogen and oxygen atoms in total. The number of hydrogen-bond acceptors (Lipinski definition) is 6. The Bertz CT molecular complexity index is 1040. The molecule has 2 N–H and O–H groups in total. The minimum atomic E-state index is -0.547. The molecule has 138 valence electrons. The van der Waals surface area contributed by atoms with E-state index in [1.54, 1.807) is 6.07 Å². The third-order valence-electron chi connectivity index (χ3n) is 3.90. The number of phenols is 1. The average Bonchev–Trinajstić information content (AvgIpc) is 2.64. The van der Waals surface area contributed by atoms with Crippen LogP contribution in [0.2, 0.25) is 0 Å². The molecule has 0 amide bonds. The molecule has 27 heavy (non-hydrogen) atoms. The Morgan fingerprint density at radius 2 is 2.07 bits per heavy atom. The van der Waals surface area contributed by atoms with E-state index in [0.717, 1.165) is 11.0 Å². The van der Waals surface area contributed by atoms with E-state index in [0.29, 0.717) is 12.1 Å². The molecule has 0 aliphatic heterocycles.